The van der Waals surface area contributed by atoms with E-state index in [9.17, 15) is 4.79 Å². The molecule has 0 unspecified atom stereocenters. The minimum Gasteiger partial charge on any atom is -0.306 e. The molecule has 0 aromatic heterocycles. The fourth-order valence-corrected chi connectivity index (χ4v) is 1.82. The zero-order valence-corrected chi connectivity index (χ0v) is 11.7. The van der Waals surface area contributed by atoms with Crippen LogP contribution in [0.1, 0.15) is 11.1 Å². The van der Waals surface area contributed by atoms with Crippen LogP contribution < -0.4 is 10.8 Å². The molecule has 106 valence electrons. The lowest BCUT2D eigenvalue weighted by molar-refractivity contribution is 0.0536. The van der Waals surface area contributed by atoms with Crippen molar-refractivity contribution in [1.29, 1.82) is 5.26 Å². The van der Waals surface area contributed by atoms with E-state index in [1.807, 2.05) is 36.4 Å². The Hall–Kier alpha value is -2.55. The van der Waals surface area contributed by atoms with Gasteiger partial charge in [-0.15, -0.1) is 0 Å². The number of hydrogen-bond acceptors (Lipinski definition) is 3. The van der Waals surface area contributed by atoms with Gasteiger partial charge in [0.2, 0.25) is 0 Å². The fourth-order valence-electron chi connectivity index (χ4n) is 1.60. The van der Waals surface area contributed by atoms with Crippen LogP contribution in [-0.4, -0.2) is 6.03 Å². The molecule has 0 radical (unpaired) electrons. The Morgan fingerprint density at radius 3 is 2.67 bits per heavy atom. The van der Waals surface area contributed by atoms with E-state index in [1.165, 1.54) is 12.1 Å². The standard InChI is InChI=1S/C15H12ClN3O2/c16-14-8-13(7-6-12(14)9-17)18-15(20)19-21-10-11-4-2-1-3-5-11/h1-8H,10H2,(H2,18,19,20). The third-order valence-electron chi connectivity index (χ3n) is 2.59. The van der Waals surface area contributed by atoms with Crippen molar-refractivity contribution in [2.75, 3.05) is 5.32 Å². The number of amides is 2. The van der Waals surface area contributed by atoms with E-state index < -0.39 is 6.03 Å². The first-order valence-electron chi connectivity index (χ1n) is 6.11. The highest BCUT2D eigenvalue weighted by molar-refractivity contribution is 6.32. The molecule has 21 heavy (non-hydrogen) atoms. The molecule has 0 saturated heterocycles. The molecule has 0 heterocycles. The number of nitrogens with zero attached hydrogens (tertiary/aromatic N) is 1. The second kappa shape index (κ2) is 7.29. The van der Waals surface area contributed by atoms with Crippen LogP contribution >= 0.6 is 11.6 Å². The number of hydroxylamine groups is 1. The smallest absolute Gasteiger partial charge is 0.306 e. The van der Waals surface area contributed by atoms with Crippen LogP contribution in [0, 0.1) is 11.3 Å². The first kappa shape index (κ1) is 14.9. The van der Waals surface area contributed by atoms with E-state index in [1.54, 1.807) is 6.07 Å². The summed E-state index contributed by atoms with van der Waals surface area (Å²) >= 11 is 5.87. The molecule has 2 N–H and O–H groups in total. The van der Waals surface area contributed by atoms with Gasteiger partial charge in [-0.25, -0.2) is 10.3 Å². The molecule has 0 bridgehead atoms. The first-order valence-corrected chi connectivity index (χ1v) is 6.49. The number of nitrogens with one attached hydrogen (secondary N) is 2. The molecule has 5 nitrogen and oxygen atoms in total. The third kappa shape index (κ3) is 4.49. The van der Waals surface area contributed by atoms with Crippen molar-refractivity contribution in [3.63, 3.8) is 0 Å². The highest BCUT2D eigenvalue weighted by Gasteiger charge is 2.05. The maximum atomic E-state index is 11.6. The normalized spacial score (nSPS) is 9.71. The lowest BCUT2D eigenvalue weighted by Crippen LogP contribution is -2.28. The molecule has 2 aromatic carbocycles. The number of anilines is 1. The topological polar surface area (TPSA) is 74.2 Å². The molecule has 0 spiro atoms. The molecule has 0 saturated carbocycles. The summed E-state index contributed by atoms with van der Waals surface area (Å²) in [6.45, 7) is 0.266. The van der Waals surface area contributed by atoms with Gasteiger partial charge in [0.15, 0.2) is 0 Å². The molecule has 0 aliphatic heterocycles. The van der Waals surface area contributed by atoms with Crippen molar-refractivity contribution >= 4 is 23.3 Å². The Morgan fingerprint density at radius 2 is 2.00 bits per heavy atom. The SMILES string of the molecule is N#Cc1ccc(NC(=O)NOCc2ccccc2)cc1Cl. The van der Waals surface area contributed by atoms with Crippen LogP contribution in [0.5, 0.6) is 0 Å². The molecule has 2 amide bonds. The van der Waals surface area contributed by atoms with Gasteiger partial charge in [0.05, 0.1) is 17.2 Å². The van der Waals surface area contributed by atoms with Gasteiger partial charge in [-0.2, -0.15) is 5.26 Å². The Morgan fingerprint density at radius 1 is 1.24 bits per heavy atom. The van der Waals surface area contributed by atoms with E-state index in [2.05, 4.69) is 10.8 Å². The quantitative estimate of drug-likeness (QED) is 0.849. The maximum Gasteiger partial charge on any atom is 0.343 e. The summed E-state index contributed by atoms with van der Waals surface area (Å²) in [5.41, 5.74) is 4.04. The second-order valence-corrected chi connectivity index (χ2v) is 4.54. The molecule has 0 aliphatic carbocycles. The van der Waals surface area contributed by atoms with Crippen molar-refractivity contribution < 1.29 is 9.63 Å². The van der Waals surface area contributed by atoms with Crippen LogP contribution in [0.15, 0.2) is 48.5 Å². The van der Waals surface area contributed by atoms with Gasteiger partial charge in [0, 0.05) is 5.69 Å². The summed E-state index contributed by atoms with van der Waals surface area (Å²) in [5.74, 6) is 0. The molecule has 0 atom stereocenters. The predicted molar refractivity (Wildman–Crippen MR) is 79.6 cm³/mol. The third-order valence-corrected chi connectivity index (χ3v) is 2.91. The van der Waals surface area contributed by atoms with Crippen molar-refractivity contribution in [2.45, 2.75) is 6.61 Å². The summed E-state index contributed by atoms with van der Waals surface area (Å²) in [6.07, 6.45) is 0. The highest BCUT2D eigenvalue weighted by Crippen LogP contribution is 2.19. The number of rotatable bonds is 4. The zero-order chi connectivity index (χ0) is 15.1. The van der Waals surface area contributed by atoms with Gasteiger partial charge in [0.25, 0.3) is 0 Å². The average molecular weight is 302 g/mol. The molecular formula is C15H12ClN3O2. The summed E-state index contributed by atoms with van der Waals surface area (Å²) in [5, 5.41) is 11.6. The second-order valence-electron chi connectivity index (χ2n) is 4.14. The summed E-state index contributed by atoms with van der Waals surface area (Å²) in [7, 11) is 0. The van der Waals surface area contributed by atoms with Gasteiger partial charge in [0.1, 0.15) is 6.07 Å². The number of halogens is 1. The fraction of sp³-hybridized carbons (Fsp3) is 0.0667. The van der Waals surface area contributed by atoms with Crippen LogP contribution in [0.4, 0.5) is 10.5 Å². The van der Waals surface area contributed by atoms with Gasteiger partial charge >= 0.3 is 6.03 Å². The zero-order valence-electron chi connectivity index (χ0n) is 11.0. The van der Waals surface area contributed by atoms with Crippen molar-refractivity contribution in [3.8, 4) is 6.07 Å². The lowest BCUT2D eigenvalue weighted by atomic mass is 10.2. The van der Waals surface area contributed by atoms with Crippen LogP contribution in [0.3, 0.4) is 0 Å². The minimum absolute atomic E-state index is 0.266. The van der Waals surface area contributed by atoms with Crippen molar-refractivity contribution in [2.24, 2.45) is 0 Å². The monoisotopic (exact) mass is 301 g/mol. The number of carbonyl (C=O) groups is 1. The van der Waals surface area contributed by atoms with Crippen LogP contribution in [0.2, 0.25) is 5.02 Å². The Labute approximate surface area is 127 Å². The van der Waals surface area contributed by atoms with E-state index in [-0.39, 0.29) is 11.6 Å². The highest BCUT2D eigenvalue weighted by atomic mass is 35.5. The molecule has 2 aromatic rings. The lowest BCUT2D eigenvalue weighted by Gasteiger charge is -2.08. The van der Waals surface area contributed by atoms with Gasteiger partial charge < -0.3 is 5.32 Å². The number of hydrogen-bond donors (Lipinski definition) is 2. The van der Waals surface area contributed by atoms with Crippen LogP contribution in [-0.2, 0) is 11.4 Å². The first-order chi connectivity index (χ1) is 10.2. The Bertz CT molecular complexity index is 668. The summed E-state index contributed by atoms with van der Waals surface area (Å²) < 4.78 is 0. The van der Waals surface area contributed by atoms with Gasteiger partial charge in [-0.05, 0) is 23.8 Å². The number of nitriles is 1. The maximum absolute atomic E-state index is 11.6. The summed E-state index contributed by atoms with van der Waals surface area (Å²) in [6, 6.07) is 15.5. The van der Waals surface area contributed by atoms with Crippen molar-refractivity contribution in [1.82, 2.24) is 5.48 Å². The molecule has 0 fully saturated rings. The van der Waals surface area contributed by atoms with E-state index in [0.717, 1.165) is 5.56 Å². The molecule has 0 aliphatic rings. The molecule has 2 rings (SSSR count). The van der Waals surface area contributed by atoms with E-state index >= 15 is 0 Å². The van der Waals surface area contributed by atoms with Gasteiger partial charge in [-0.1, -0.05) is 41.9 Å². The van der Waals surface area contributed by atoms with E-state index in [4.69, 9.17) is 21.7 Å². The number of carbonyl (C=O) groups excluding carboxylic acids is 1. The molecular weight excluding hydrogens is 290 g/mol. The predicted octanol–water partition coefficient (Wildman–Crippen LogP) is 3.46. The number of urea groups is 1. The minimum atomic E-state index is -0.522. The largest absolute Gasteiger partial charge is 0.343 e. The average Bonchev–Trinajstić information content (AvgIpc) is 2.48. The molecule has 6 heteroatoms. The number of benzene rings is 2. The van der Waals surface area contributed by atoms with Crippen LogP contribution in [0.25, 0.3) is 0 Å². The Kier molecular flexibility index (Phi) is 5.16. The van der Waals surface area contributed by atoms with E-state index in [0.29, 0.717) is 11.3 Å². The Balaban J connectivity index is 1.82. The van der Waals surface area contributed by atoms with Crippen molar-refractivity contribution in [3.05, 3.63) is 64.7 Å². The summed E-state index contributed by atoms with van der Waals surface area (Å²) in [4.78, 5) is 16.7. The van der Waals surface area contributed by atoms with Gasteiger partial charge in [-0.3, -0.25) is 4.84 Å².